The molecule has 1 aromatic rings. The summed E-state index contributed by atoms with van der Waals surface area (Å²) in [5.74, 6) is -0.430. The molecule has 0 saturated heterocycles. The fourth-order valence-electron chi connectivity index (χ4n) is 0.334. The Balaban J connectivity index is 2.93. The number of hydrogen-bond donors (Lipinski definition) is 1. The first kappa shape index (κ1) is 5.53. The molecule has 0 fully saturated rings. The summed E-state index contributed by atoms with van der Waals surface area (Å²) in [5.41, 5.74) is 5.29. The second-order valence-electron chi connectivity index (χ2n) is 1.24. The quantitative estimate of drug-likeness (QED) is 0.570. The van der Waals surface area contributed by atoms with Crippen molar-refractivity contribution in [3.05, 3.63) is 15.7 Å². The van der Waals surface area contributed by atoms with Gasteiger partial charge in [-0.15, -0.1) is 0 Å². The minimum absolute atomic E-state index is 0.268. The van der Waals surface area contributed by atoms with E-state index in [-0.39, 0.29) is 14.5 Å². The fraction of sp³-hybridized carbons (Fsp3) is 0. The molecule has 1 rings (SSSR count). The molecule has 0 aliphatic heterocycles. The Morgan fingerprint density at radius 3 is 2.88 bits per heavy atom. The average Bonchev–Trinajstić information content (AvgIpc) is 2.12. The van der Waals surface area contributed by atoms with Crippen LogP contribution in [0, 0.1) is 0 Å². The second kappa shape index (κ2) is 2.11. The molecule has 3 nitrogen and oxygen atoms in total. The van der Waals surface area contributed by atoms with Gasteiger partial charge in [0.1, 0.15) is 0 Å². The molecule has 4 heteroatoms. The Bertz CT molecular complexity index is 182. The van der Waals surface area contributed by atoms with E-state index in [4.69, 9.17) is 5.73 Å². The summed E-state index contributed by atoms with van der Waals surface area (Å²) < 4.78 is 0. The van der Waals surface area contributed by atoms with Gasteiger partial charge in [0.05, 0.1) is 0 Å². The number of amides is 1. The average molecular weight is 175 g/mol. The number of aromatic nitrogens is 1. The van der Waals surface area contributed by atoms with Gasteiger partial charge in [-0.3, -0.25) is 0 Å². The molecular weight excluding hydrogens is 171 g/mol. The molecule has 0 radical (unpaired) electrons. The molecule has 1 amide bonds. The third-order valence-electron chi connectivity index (χ3n) is 0.685. The van der Waals surface area contributed by atoms with Crippen LogP contribution in [0.4, 0.5) is 0 Å². The number of hydrogen-bond acceptors (Lipinski definition) is 2. The van der Waals surface area contributed by atoms with E-state index in [0.29, 0.717) is 5.69 Å². The normalized spacial score (nSPS) is 9.00. The van der Waals surface area contributed by atoms with Crippen LogP contribution in [0.15, 0.2) is 10.0 Å². The molecule has 0 unspecified atom stereocenters. The van der Waals surface area contributed by atoms with Gasteiger partial charge in [-0.1, -0.05) is 0 Å². The SMILES string of the molecule is NC(=O)c1c[se]cn1. The van der Waals surface area contributed by atoms with Crippen molar-refractivity contribution in [2.45, 2.75) is 0 Å². The van der Waals surface area contributed by atoms with Crippen LogP contribution in [0.1, 0.15) is 10.5 Å². The van der Waals surface area contributed by atoms with Crippen molar-refractivity contribution < 1.29 is 4.79 Å². The van der Waals surface area contributed by atoms with Crippen molar-refractivity contribution in [3.8, 4) is 0 Å². The van der Waals surface area contributed by atoms with Crippen LogP contribution in [-0.4, -0.2) is 25.4 Å². The van der Waals surface area contributed by atoms with Crippen LogP contribution < -0.4 is 5.73 Å². The van der Waals surface area contributed by atoms with Crippen LogP contribution in [0.2, 0.25) is 0 Å². The van der Waals surface area contributed by atoms with Crippen molar-refractivity contribution in [1.29, 1.82) is 0 Å². The van der Waals surface area contributed by atoms with Gasteiger partial charge in [-0.25, -0.2) is 0 Å². The van der Waals surface area contributed by atoms with Crippen LogP contribution in [0.3, 0.4) is 0 Å². The molecule has 0 aromatic carbocycles. The van der Waals surface area contributed by atoms with Gasteiger partial charge in [-0.05, 0) is 0 Å². The van der Waals surface area contributed by atoms with Crippen molar-refractivity contribution in [2.75, 3.05) is 0 Å². The van der Waals surface area contributed by atoms with E-state index >= 15 is 0 Å². The molecular formula is C4H4N2OSe. The molecule has 0 aliphatic carbocycles. The zero-order chi connectivity index (χ0) is 5.98. The van der Waals surface area contributed by atoms with E-state index in [1.54, 1.807) is 10.0 Å². The maximum atomic E-state index is 10.3. The third-order valence-corrected chi connectivity index (χ3v) is 1.92. The molecule has 42 valence electrons. The standard InChI is InChI=1S/C4H4N2OSe/c5-4(7)3-1-8-2-6-3/h1-2H,(H2,5,7). The molecule has 0 bridgehead atoms. The molecule has 0 saturated carbocycles. The van der Waals surface area contributed by atoms with Gasteiger partial charge in [0.15, 0.2) is 0 Å². The van der Waals surface area contributed by atoms with E-state index in [1.165, 1.54) is 0 Å². The van der Waals surface area contributed by atoms with Gasteiger partial charge >= 0.3 is 51.6 Å². The number of nitrogens with zero attached hydrogens (tertiary/aromatic N) is 1. The van der Waals surface area contributed by atoms with E-state index in [2.05, 4.69) is 4.98 Å². The summed E-state index contributed by atoms with van der Waals surface area (Å²) in [6.07, 6.45) is 0. The summed E-state index contributed by atoms with van der Waals surface area (Å²) in [4.78, 5) is 15.7. The van der Waals surface area contributed by atoms with Crippen LogP contribution in [0.25, 0.3) is 0 Å². The first-order chi connectivity index (χ1) is 3.80. The predicted molar refractivity (Wildman–Crippen MR) is 29.7 cm³/mol. The van der Waals surface area contributed by atoms with E-state index in [1.807, 2.05) is 0 Å². The Morgan fingerprint density at radius 2 is 2.62 bits per heavy atom. The van der Waals surface area contributed by atoms with Gasteiger partial charge < -0.3 is 0 Å². The van der Waals surface area contributed by atoms with Crippen LogP contribution in [0.5, 0.6) is 0 Å². The Kier molecular flexibility index (Phi) is 1.46. The first-order valence-electron chi connectivity index (χ1n) is 1.98. The fourth-order valence-corrected chi connectivity index (χ4v) is 1.47. The molecule has 8 heavy (non-hydrogen) atoms. The first-order valence-corrected chi connectivity index (χ1v) is 3.96. The Labute approximate surface area is 52.3 Å². The molecule has 1 aromatic heterocycles. The van der Waals surface area contributed by atoms with Gasteiger partial charge in [-0.2, -0.15) is 0 Å². The van der Waals surface area contributed by atoms with Gasteiger partial charge in [0.25, 0.3) is 0 Å². The number of carbonyl (C=O) groups excluding carboxylic acids is 1. The molecule has 0 spiro atoms. The number of nitrogens with two attached hydrogens (primary N) is 1. The Hall–Kier alpha value is -0.601. The van der Waals surface area contributed by atoms with Crippen molar-refractivity contribution in [1.82, 2.24) is 4.98 Å². The summed E-state index contributed by atoms with van der Waals surface area (Å²) >= 11 is 0.268. The predicted octanol–water partition coefficient (Wildman–Crippen LogP) is -0.763. The zero-order valence-corrected chi connectivity index (χ0v) is 5.71. The summed E-state index contributed by atoms with van der Waals surface area (Å²) in [7, 11) is 0. The second-order valence-corrected chi connectivity index (χ2v) is 2.75. The summed E-state index contributed by atoms with van der Waals surface area (Å²) in [5, 5.41) is 1.72. The number of primary amides is 1. The maximum absolute atomic E-state index is 10.3. The number of rotatable bonds is 1. The minimum atomic E-state index is -0.430. The molecule has 1 heterocycles. The molecule has 2 N–H and O–H groups in total. The van der Waals surface area contributed by atoms with E-state index in [9.17, 15) is 4.79 Å². The topological polar surface area (TPSA) is 56.0 Å². The third kappa shape index (κ3) is 0.966. The Morgan fingerprint density at radius 1 is 1.88 bits per heavy atom. The van der Waals surface area contributed by atoms with Crippen molar-refractivity contribution in [2.24, 2.45) is 5.73 Å². The van der Waals surface area contributed by atoms with E-state index < -0.39 is 5.91 Å². The monoisotopic (exact) mass is 176 g/mol. The van der Waals surface area contributed by atoms with Crippen LogP contribution >= 0.6 is 0 Å². The number of carbonyl (C=O) groups is 1. The van der Waals surface area contributed by atoms with Crippen molar-refractivity contribution >= 4 is 20.4 Å². The molecule has 0 atom stereocenters. The molecule has 0 aliphatic rings. The summed E-state index contributed by atoms with van der Waals surface area (Å²) in [6.45, 7) is 0. The summed E-state index contributed by atoms with van der Waals surface area (Å²) in [6, 6.07) is 0. The van der Waals surface area contributed by atoms with Crippen LogP contribution in [-0.2, 0) is 0 Å². The zero-order valence-electron chi connectivity index (χ0n) is 4.00. The van der Waals surface area contributed by atoms with Gasteiger partial charge in [0, 0.05) is 0 Å². The van der Waals surface area contributed by atoms with Crippen molar-refractivity contribution in [3.63, 3.8) is 0 Å². The van der Waals surface area contributed by atoms with E-state index in [0.717, 1.165) is 0 Å². The van der Waals surface area contributed by atoms with Gasteiger partial charge in [0.2, 0.25) is 0 Å².